The van der Waals surface area contributed by atoms with Crippen molar-refractivity contribution < 1.29 is 9.53 Å². The molecule has 18 heavy (non-hydrogen) atoms. The summed E-state index contributed by atoms with van der Waals surface area (Å²) in [5.41, 5.74) is 3.93. The van der Waals surface area contributed by atoms with Crippen LogP contribution in [-0.2, 0) is 11.3 Å². The summed E-state index contributed by atoms with van der Waals surface area (Å²) >= 11 is 6.29. The normalized spacial score (nSPS) is 11.1. The zero-order valence-electron chi connectivity index (χ0n) is 10.8. The van der Waals surface area contributed by atoms with Crippen LogP contribution >= 0.6 is 11.6 Å². The molecule has 0 bridgehead atoms. The van der Waals surface area contributed by atoms with Crippen LogP contribution < -0.4 is 0 Å². The van der Waals surface area contributed by atoms with Crippen LogP contribution in [0.2, 0.25) is 5.15 Å². The molecule has 96 valence electrons. The molecule has 0 saturated carbocycles. The Morgan fingerprint density at radius 1 is 1.39 bits per heavy atom. The quantitative estimate of drug-likeness (QED) is 0.794. The number of methoxy groups -OCH3 is 1. The number of hydrogen-bond acceptors (Lipinski definition) is 2. The number of hydrogen-bond donors (Lipinski definition) is 0. The lowest BCUT2D eigenvalue weighted by molar-refractivity contribution is 0.112. The monoisotopic (exact) mass is 265 g/mol. The van der Waals surface area contributed by atoms with Crippen molar-refractivity contribution in [2.24, 2.45) is 0 Å². The van der Waals surface area contributed by atoms with Gasteiger partial charge < -0.3 is 9.30 Å². The van der Waals surface area contributed by atoms with Crippen LogP contribution in [0.4, 0.5) is 0 Å². The average molecular weight is 266 g/mol. The predicted octanol–water partition coefficient (Wildman–Crippen LogP) is 3.37. The maximum atomic E-state index is 11.2. The Labute approximate surface area is 111 Å². The SMILES string of the molecule is COCCn1c(Cl)c(C=O)c2ccc(C)c(C)c21. The van der Waals surface area contributed by atoms with Crippen molar-refractivity contribution >= 4 is 28.8 Å². The lowest BCUT2D eigenvalue weighted by atomic mass is 10.1. The molecule has 0 aliphatic rings. The van der Waals surface area contributed by atoms with Crippen molar-refractivity contribution in [3.05, 3.63) is 34.0 Å². The number of aromatic nitrogens is 1. The number of carbonyl (C=O) groups is 1. The van der Waals surface area contributed by atoms with E-state index in [0.717, 1.165) is 22.8 Å². The van der Waals surface area contributed by atoms with E-state index in [0.29, 0.717) is 23.9 Å². The minimum atomic E-state index is 0.491. The van der Waals surface area contributed by atoms with Gasteiger partial charge in [0, 0.05) is 19.0 Å². The molecule has 2 rings (SSSR count). The second-order valence-corrected chi connectivity index (χ2v) is 4.73. The molecule has 1 aromatic carbocycles. The Hall–Kier alpha value is -1.32. The lowest BCUT2D eigenvalue weighted by Crippen LogP contribution is -2.05. The van der Waals surface area contributed by atoms with Gasteiger partial charge in [0.05, 0.1) is 17.7 Å². The summed E-state index contributed by atoms with van der Waals surface area (Å²) in [6.45, 7) is 5.31. The number of carbonyl (C=O) groups excluding carboxylic acids is 1. The number of benzene rings is 1. The largest absolute Gasteiger partial charge is 0.383 e. The average Bonchev–Trinajstić information content (AvgIpc) is 2.64. The van der Waals surface area contributed by atoms with E-state index in [1.165, 1.54) is 5.56 Å². The van der Waals surface area contributed by atoms with Crippen molar-refractivity contribution in [1.82, 2.24) is 4.57 Å². The molecule has 4 heteroatoms. The molecule has 3 nitrogen and oxygen atoms in total. The van der Waals surface area contributed by atoms with E-state index in [2.05, 4.69) is 6.92 Å². The Balaban J connectivity index is 2.77. The van der Waals surface area contributed by atoms with Gasteiger partial charge in [-0.25, -0.2) is 0 Å². The van der Waals surface area contributed by atoms with E-state index in [-0.39, 0.29) is 0 Å². The third-order valence-corrected chi connectivity index (χ3v) is 3.77. The Bertz CT molecular complexity index is 602. The summed E-state index contributed by atoms with van der Waals surface area (Å²) in [5, 5.41) is 1.40. The maximum Gasteiger partial charge on any atom is 0.153 e. The molecule has 1 aromatic heterocycles. The molecule has 0 aliphatic carbocycles. The Kier molecular flexibility index (Phi) is 3.73. The van der Waals surface area contributed by atoms with E-state index in [1.54, 1.807) is 7.11 Å². The molecule has 0 aliphatic heterocycles. The molecular weight excluding hydrogens is 250 g/mol. The highest BCUT2D eigenvalue weighted by Gasteiger charge is 2.17. The standard InChI is InChI=1S/C14H16ClNO2/c1-9-4-5-11-12(8-17)14(15)16(6-7-18-3)13(11)10(9)2/h4-5,8H,6-7H2,1-3H3. The summed E-state index contributed by atoms with van der Waals surface area (Å²) < 4.78 is 7.05. The van der Waals surface area contributed by atoms with Gasteiger partial charge >= 0.3 is 0 Å². The van der Waals surface area contributed by atoms with E-state index in [9.17, 15) is 4.79 Å². The minimum absolute atomic E-state index is 0.491. The summed E-state index contributed by atoms with van der Waals surface area (Å²) in [4.78, 5) is 11.2. The molecule has 0 radical (unpaired) electrons. The number of aryl methyl sites for hydroxylation is 2. The van der Waals surface area contributed by atoms with Gasteiger partial charge in [0.15, 0.2) is 6.29 Å². The molecule has 0 amide bonds. The molecule has 0 spiro atoms. The number of aldehydes is 1. The number of rotatable bonds is 4. The molecule has 0 N–H and O–H groups in total. The predicted molar refractivity (Wildman–Crippen MR) is 73.7 cm³/mol. The van der Waals surface area contributed by atoms with Gasteiger partial charge in [0.2, 0.25) is 0 Å². The summed E-state index contributed by atoms with van der Waals surface area (Å²) in [6.07, 6.45) is 0.822. The van der Waals surface area contributed by atoms with E-state index in [4.69, 9.17) is 16.3 Å². The van der Waals surface area contributed by atoms with Gasteiger partial charge in [0.25, 0.3) is 0 Å². The molecule has 0 saturated heterocycles. The zero-order chi connectivity index (χ0) is 13.3. The second-order valence-electron chi connectivity index (χ2n) is 4.37. The van der Waals surface area contributed by atoms with Crippen molar-refractivity contribution in [3.63, 3.8) is 0 Å². The van der Waals surface area contributed by atoms with Crippen molar-refractivity contribution in [2.75, 3.05) is 13.7 Å². The molecule has 0 unspecified atom stereocenters. The van der Waals surface area contributed by atoms with Crippen LogP contribution in [0.3, 0.4) is 0 Å². The fraction of sp³-hybridized carbons (Fsp3) is 0.357. The Morgan fingerprint density at radius 3 is 2.72 bits per heavy atom. The minimum Gasteiger partial charge on any atom is -0.383 e. The van der Waals surface area contributed by atoms with E-state index < -0.39 is 0 Å². The van der Waals surface area contributed by atoms with Crippen molar-refractivity contribution in [2.45, 2.75) is 20.4 Å². The summed E-state index contributed by atoms with van der Waals surface area (Å²) in [6, 6.07) is 3.97. The first-order valence-corrected chi connectivity index (χ1v) is 6.21. The topological polar surface area (TPSA) is 31.2 Å². The van der Waals surface area contributed by atoms with Gasteiger partial charge in [0.1, 0.15) is 5.15 Å². The fourth-order valence-corrected chi connectivity index (χ4v) is 2.54. The van der Waals surface area contributed by atoms with Gasteiger partial charge in [-0.05, 0) is 25.0 Å². The van der Waals surface area contributed by atoms with Crippen LogP contribution in [-0.4, -0.2) is 24.6 Å². The highest BCUT2D eigenvalue weighted by molar-refractivity contribution is 6.34. The first-order chi connectivity index (χ1) is 8.61. The van der Waals surface area contributed by atoms with Gasteiger partial charge in [-0.3, -0.25) is 4.79 Å². The number of nitrogens with zero attached hydrogens (tertiary/aromatic N) is 1. The van der Waals surface area contributed by atoms with Crippen LogP contribution in [0, 0.1) is 13.8 Å². The fourth-order valence-electron chi connectivity index (χ4n) is 2.23. The molecule has 1 heterocycles. The van der Waals surface area contributed by atoms with Crippen LogP contribution in [0.25, 0.3) is 10.9 Å². The number of fused-ring (bicyclic) bond motifs is 1. The molecular formula is C14H16ClNO2. The summed E-state index contributed by atoms with van der Waals surface area (Å²) in [7, 11) is 1.65. The first-order valence-electron chi connectivity index (χ1n) is 5.83. The smallest absolute Gasteiger partial charge is 0.153 e. The van der Waals surface area contributed by atoms with Crippen LogP contribution in [0.15, 0.2) is 12.1 Å². The van der Waals surface area contributed by atoms with Crippen LogP contribution in [0.5, 0.6) is 0 Å². The van der Waals surface area contributed by atoms with Crippen molar-refractivity contribution in [1.29, 1.82) is 0 Å². The van der Waals surface area contributed by atoms with Gasteiger partial charge in [-0.2, -0.15) is 0 Å². The van der Waals surface area contributed by atoms with E-state index in [1.807, 2.05) is 23.6 Å². The highest BCUT2D eigenvalue weighted by Crippen LogP contribution is 2.32. The summed E-state index contributed by atoms with van der Waals surface area (Å²) in [5.74, 6) is 0. The molecule has 0 fully saturated rings. The molecule has 0 atom stereocenters. The second kappa shape index (κ2) is 5.12. The molecule has 2 aromatic rings. The van der Waals surface area contributed by atoms with Gasteiger partial charge in [-0.15, -0.1) is 0 Å². The van der Waals surface area contributed by atoms with Crippen molar-refractivity contribution in [3.8, 4) is 0 Å². The maximum absolute atomic E-state index is 11.2. The lowest BCUT2D eigenvalue weighted by Gasteiger charge is -2.09. The number of ether oxygens (including phenoxy) is 1. The van der Waals surface area contributed by atoms with Gasteiger partial charge in [-0.1, -0.05) is 23.7 Å². The third-order valence-electron chi connectivity index (χ3n) is 3.36. The van der Waals surface area contributed by atoms with E-state index >= 15 is 0 Å². The third kappa shape index (κ3) is 1.93. The zero-order valence-corrected chi connectivity index (χ0v) is 11.5. The number of halogens is 1. The highest BCUT2D eigenvalue weighted by atomic mass is 35.5. The Morgan fingerprint density at radius 2 is 2.11 bits per heavy atom. The van der Waals surface area contributed by atoms with Crippen LogP contribution in [0.1, 0.15) is 21.5 Å². The first kappa shape index (κ1) is 13.1.